The summed E-state index contributed by atoms with van der Waals surface area (Å²) in [6.45, 7) is 0.706. The van der Waals surface area contributed by atoms with Gasteiger partial charge in [-0.05, 0) is 42.0 Å². The Hall–Kier alpha value is -1.16. The van der Waals surface area contributed by atoms with Crippen LogP contribution in [0.1, 0.15) is 5.56 Å². The lowest BCUT2D eigenvalue weighted by Gasteiger charge is -2.10. The third-order valence-corrected chi connectivity index (χ3v) is 4.70. The van der Waals surface area contributed by atoms with Gasteiger partial charge in [-0.25, -0.2) is 0 Å². The summed E-state index contributed by atoms with van der Waals surface area (Å²) in [5, 5.41) is 2.30. The Labute approximate surface area is 141 Å². The van der Waals surface area contributed by atoms with E-state index in [2.05, 4.69) is 20.5 Å². The number of ether oxygens (including phenoxy) is 1. The highest BCUT2D eigenvalue weighted by Crippen LogP contribution is 2.30. The molecule has 0 bridgehead atoms. The quantitative estimate of drug-likeness (QED) is 0.559. The van der Waals surface area contributed by atoms with Crippen LogP contribution in [-0.4, -0.2) is 11.7 Å². The second kappa shape index (κ2) is 5.91. The summed E-state index contributed by atoms with van der Waals surface area (Å²) in [6.07, 6.45) is 2.01. The molecule has 5 heteroatoms. The molecule has 0 amide bonds. The zero-order valence-corrected chi connectivity index (χ0v) is 14.3. The van der Waals surface area contributed by atoms with E-state index < -0.39 is 0 Å². The van der Waals surface area contributed by atoms with Crippen LogP contribution in [0.5, 0.6) is 5.75 Å². The Morgan fingerprint density at radius 2 is 1.95 bits per heavy atom. The van der Waals surface area contributed by atoms with Crippen molar-refractivity contribution in [2.45, 2.75) is 6.54 Å². The van der Waals surface area contributed by atoms with E-state index in [0.717, 1.165) is 26.7 Å². The summed E-state index contributed by atoms with van der Waals surface area (Å²) in [6, 6.07) is 11.6. The molecule has 0 saturated carbocycles. The lowest BCUT2D eigenvalue weighted by molar-refractivity contribution is 0.414. The van der Waals surface area contributed by atoms with Gasteiger partial charge in [0.1, 0.15) is 5.75 Å². The molecule has 3 aromatic rings. The van der Waals surface area contributed by atoms with Crippen LogP contribution in [0, 0.1) is 0 Å². The van der Waals surface area contributed by atoms with E-state index in [-0.39, 0.29) is 0 Å². The number of benzene rings is 2. The highest BCUT2D eigenvalue weighted by molar-refractivity contribution is 9.10. The average molecular weight is 385 g/mol. The van der Waals surface area contributed by atoms with Gasteiger partial charge in [0.25, 0.3) is 0 Å². The van der Waals surface area contributed by atoms with Gasteiger partial charge in [0.15, 0.2) is 0 Å². The Balaban J connectivity index is 2.06. The van der Waals surface area contributed by atoms with Crippen molar-refractivity contribution >= 4 is 50.0 Å². The molecule has 0 fully saturated rings. The topological polar surface area (TPSA) is 14.2 Å². The van der Waals surface area contributed by atoms with Crippen LogP contribution in [0.3, 0.4) is 0 Å². The first-order valence-corrected chi connectivity index (χ1v) is 7.89. The minimum absolute atomic E-state index is 0.636. The van der Waals surface area contributed by atoms with Crippen LogP contribution < -0.4 is 4.74 Å². The predicted octanol–water partition coefficient (Wildman–Crippen LogP) is 5.77. The number of halogens is 3. The van der Waals surface area contributed by atoms with Gasteiger partial charge in [0, 0.05) is 27.6 Å². The third kappa shape index (κ3) is 2.91. The average Bonchev–Trinajstić information content (AvgIpc) is 2.84. The Morgan fingerprint density at radius 1 is 1.14 bits per heavy atom. The van der Waals surface area contributed by atoms with E-state index >= 15 is 0 Å². The fraction of sp³-hybridized carbons (Fsp3) is 0.125. The molecule has 21 heavy (non-hydrogen) atoms. The van der Waals surface area contributed by atoms with Gasteiger partial charge in [-0.2, -0.15) is 0 Å². The zero-order chi connectivity index (χ0) is 15.0. The molecule has 0 aliphatic heterocycles. The first-order valence-electron chi connectivity index (χ1n) is 6.35. The number of methoxy groups -OCH3 is 1. The van der Waals surface area contributed by atoms with Crippen LogP contribution in [-0.2, 0) is 6.54 Å². The maximum Gasteiger partial charge on any atom is 0.119 e. The zero-order valence-electron chi connectivity index (χ0n) is 11.2. The van der Waals surface area contributed by atoms with Gasteiger partial charge < -0.3 is 9.30 Å². The standard InChI is InChI=1S/C16H12BrCl2NO/c1-21-12-2-3-14(17)10(6-12)9-20-5-4-13-15(19)7-11(18)8-16(13)20/h2-8H,9H2,1H3. The summed E-state index contributed by atoms with van der Waals surface area (Å²) in [7, 11) is 1.66. The van der Waals surface area contributed by atoms with Gasteiger partial charge in [-0.15, -0.1) is 0 Å². The summed E-state index contributed by atoms with van der Waals surface area (Å²) in [5.74, 6) is 0.834. The number of hydrogen-bond donors (Lipinski definition) is 0. The number of hydrogen-bond acceptors (Lipinski definition) is 1. The van der Waals surface area contributed by atoms with Crippen LogP contribution >= 0.6 is 39.1 Å². The normalized spacial score (nSPS) is 11.0. The van der Waals surface area contributed by atoms with E-state index in [9.17, 15) is 0 Å². The smallest absolute Gasteiger partial charge is 0.119 e. The molecule has 1 heterocycles. The minimum atomic E-state index is 0.636. The third-order valence-electron chi connectivity index (χ3n) is 3.40. The summed E-state index contributed by atoms with van der Waals surface area (Å²) >= 11 is 15.9. The van der Waals surface area contributed by atoms with E-state index in [4.69, 9.17) is 27.9 Å². The second-order valence-electron chi connectivity index (χ2n) is 4.72. The first-order chi connectivity index (χ1) is 10.1. The molecule has 3 rings (SSSR count). The van der Waals surface area contributed by atoms with Gasteiger partial charge >= 0.3 is 0 Å². The minimum Gasteiger partial charge on any atom is -0.497 e. The Bertz CT molecular complexity index is 813. The second-order valence-corrected chi connectivity index (χ2v) is 6.42. The van der Waals surface area contributed by atoms with Crippen molar-refractivity contribution in [3.05, 3.63) is 62.7 Å². The van der Waals surface area contributed by atoms with E-state index in [1.807, 2.05) is 36.5 Å². The monoisotopic (exact) mass is 383 g/mol. The van der Waals surface area contributed by atoms with E-state index in [1.54, 1.807) is 13.2 Å². The Kier molecular flexibility index (Phi) is 4.16. The van der Waals surface area contributed by atoms with Crippen molar-refractivity contribution in [2.75, 3.05) is 7.11 Å². The molecule has 0 atom stereocenters. The summed E-state index contributed by atoms with van der Waals surface area (Å²) in [5.41, 5.74) is 2.14. The number of fused-ring (bicyclic) bond motifs is 1. The molecule has 0 N–H and O–H groups in total. The van der Waals surface area contributed by atoms with Crippen molar-refractivity contribution in [3.63, 3.8) is 0 Å². The Morgan fingerprint density at radius 3 is 2.71 bits per heavy atom. The van der Waals surface area contributed by atoms with E-state index in [1.165, 1.54) is 0 Å². The SMILES string of the molecule is COc1ccc(Br)c(Cn2ccc3c(Cl)cc(Cl)cc32)c1. The molecule has 108 valence electrons. The van der Waals surface area contributed by atoms with Crippen molar-refractivity contribution < 1.29 is 4.74 Å². The molecule has 0 aliphatic carbocycles. The maximum absolute atomic E-state index is 6.23. The van der Waals surface area contributed by atoms with Crippen LogP contribution in [0.15, 0.2) is 47.1 Å². The van der Waals surface area contributed by atoms with Gasteiger partial charge in [0.2, 0.25) is 0 Å². The van der Waals surface area contributed by atoms with Crippen LogP contribution in [0.4, 0.5) is 0 Å². The molecular weight excluding hydrogens is 373 g/mol. The van der Waals surface area contributed by atoms with Crippen molar-refractivity contribution in [2.24, 2.45) is 0 Å². The van der Waals surface area contributed by atoms with E-state index in [0.29, 0.717) is 16.6 Å². The van der Waals surface area contributed by atoms with Gasteiger partial charge in [-0.1, -0.05) is 39.1 Å². The molecule has 0 saturated heterocycles. The van der Waals surface area contributed by atoms with Crippen molar-refractivity contribution in [1.82, 2.24) is 4.57 Å². The van der Waals surface area contributed by atoms with Crippen molar-refractivity contribution in [3.8, 4) is 5.75 Å². The summed E-state index contributed by atoms with van der Waals surface area (Å²) < 4.78 is 8.44. The molecule has 0 aliphatic rings. The number of aromatic nitrogens is 1. The van der Waals surface area contributed by atoms with Gasteiger partial charge in [0.05, 0.1) is 17.6 Å². The summed E-state index contributed by atoms with van der Waals surface area (Å²) in [4.78, 5) is 0. The highest BCUT2D eigenvalue weighted by Gasteiger charge is 2.09. The van der Waals surface area contributed by atoms with Crippen LogP contribution in [0.25, 0.3) is 10.9 Å². The molecule has 0 unspecified atom stereocenters. The number of nitrogens with zero attached hydrogens (tertiary/aromatic N) is 1. The first kappa shape index (κ1) is 14.8. The molecule has 0 radical (unpaired) electrons. The molecule has 2 nitrogen and oxygen atoms in total. The van der Waals surface area contributed by atoms with Crippen LogP contribution in [0.2, 0.25) is 10.0 Å². The lowest BCUT2D eigenvalue weighted by atomic mass is 10.2. The molecular formula is C16H12BrCl2NO. The highest BCUT2D eigenvalue weighted by atomic mass is 79.9. The molecule has 0 spiro atoms. The van der Waals surface area contributed by atoms with Gasteiger partial charge in [-0.3, -0.25) is 0 Å². The fourth-order valence-corrected chi connectivity index (χ4v) is 3.26. The maximum atomic E-state index is 6.23. The molecule has 2 aromatic carbocycles. The molecule has 1 aromatic heterocycles. The fourth-order valence-electron chi connectivity index (χ4n) is 2.34. The number of rotatable bonds is 3. The predicted molar refractivity (Wildman–Crippen MR) is 91.8 cm³/mol. The lowest BCUT2D eigenvalue weighted by Crippen LogP contribution is -1.99. The van der Waals surface area contributed by atoms with Crippen molar-refractivity contribution in [1.29, 1.82) is 0 Å². The largest absolute Gasteiger partial charge is 0.497 e.